The summed E-state index contributed by atoms with van der Waals surface area (Å²) in [5.41, 5.74) is 7.24. The van der Waals surface area contributed by atoms with E-state index < -0.39 is 5.60 Å². The molecule has 2 aromatic heterocycles. The first-order valence-corrected chi connectivity index (χ1v) is 12.3. The fourth-order valence-corrected chi connectivity index (χ4v) is 4.18. The standard InChI is InChI=1S/C29H38N2O4/c1-8-9-15-22-20(4)26(28(33)35-29(5,6)7)31-24(22)16-23-18(2)19(3)25(30-23)27(32)34-17-21-13-11-10-12-14-21/h10-14,30-31H,8-9,15-17H2,1-7H3. The normalized spacial score (nSPS) is 11.5. The van der Waals surface area contributed by atoms with Gasteiger partial charge in [-0.05, 0) is 82.2 Å². The minimum Gasteiger partial charge on any atom is -0.456 e. The molecule has 0 aliphatic rings. The van der Waals surface area contributed by atoms with Crippen LogP contribution in [0.1, 0.15) is 101 Å². The van der Waals surface area contributed by atoms with Crippen molar-refractivity contribution >= 4 is 11.9 Å². The molecule has 2 N–H and O–H groups in total. The predicted octanol–water partition coefficient (Wildman–Crippen LogP) is 6.51. The Kier molecular flexibility index (Phi) is 8.26. The highest BCUT2D eigenvalue weighted by atomic mass is 16.6. The largest absolute Gasteiger partial charge is 0.456 e. The quantitative estimate of drug-likeness (QED) is 0.343. The molecule has 6 heteroatoms. The van der Waals surface area contributed by atoms with E-state index in [1.54, 1.807) is 0 Å². The van der Waals surface area contributed by atoms with E-state index in [1.165, 1.54) is 0 Å². The van der Waals surface area contributed by atoms with E-state index in [0.29, 0.717) is 17.8 Å². The molecule has 0 radical (unpaired) electrons. The molecule has 0 spiro atoms. The first-order chi connectivity index (χ1) is 16.5. The molecule has 3 rings (SSSR count). The molecule has 0 amide bonds. The number of aromatic nitrogens is 2. The van der Waals surface area contributed by atoms with Crippen molar-refractivity contribution in [3.05, 3.63) is 80.9 Å². The number of esters is 2. The molecule has 0 bridgehead atoms. The lowest BCUT2D eigenvalue weighted by Crippen LogP contribution is -2.24. The number of benzene rings is 1. The fourth-order valence-electron chi connectivity index (χ4n) is 4.18. The van der Waals surface area contributed by atoms with Crippen LogP contribution in [0.15, 0.2) is 30.3 Å². The van der Waals surface area contributed by atoms with Gasteiger partial charge in [-0.3, -0.25) is 0 Å². The van der Waals surface area contributed by atoms with Crippen molar-refractivity contribution in [2.45, 2.75) is 86.4 Å². The van der Waals surface area contributed by atoms with Crippen molar-refractivity contribution < 1.29 is 19.1 Å². The van der Waals surface area contributed by atoms with E-state index in [1.807, 2.05) is 71.9 Å². The van der Waals surface area contributed by atoms with Gasteiger partial charge in [0.25, 0.3) is 0 Å². The molecule has 35 heavy (non-hydrogen) atoms. The third-order valence-electron chi connectivity index (χ3n) is 6.29. The van der Waals surface area contributed by atoms with Crippen molar-refractivity contribution in [1.29, 1.82) is 0 Å². The molecule has 6 nitrogen and oxygen atoms in total. The molecule has 0 saturated heterocycles. The van der Waals surface area contributed by atoms with Crippen molar-refractivity contribution in [3.63, 3.8) is 0 Å². The lowest BCUT2D eigenvalue weighted by molar-refractivity contribution is 0.00623. The van der Waals surface area contributed by atoms with E-state index in [9.17, 15) is 9.59 Å². The van der Waals surface area contributed by atoms with Gasteiger partial charge in [0.15, 0.2) is 0 Å². The van der Waals surface area contributed by atoms with Crippen molar-refractivity contribution in [2.75, 3.05) is 0 Å². The summed E-state index contributed by atoms with van der Waals surface area (Å²) < 4.78 is 11.2. The average Bonchev–Trinajstić information content (AvgIpc) is 3.26. The maximum atomic E-state index is 12.9. The Morgan fingerprint density at radius 3 is 2.11 bits per heavy atom. The van der Waals surface area contributed by atoms with Gasteiger partial charge >= 0.3 is 11.9 Å². The number of ether oxygens (including phenoxy) is 2. The number of carbonyl (C=O) groups is 2. The zero-order valence-electron chi connectivity index (χ0n) is 22.1. The highest BCUT2D eigenvalue weighted by Crippen LogP contribution is 2.27. The zero-order valence-corrected chi connectivity index (χ0v) is 22.1. The Morgan fingerprint density at radius 1 is 0.857 bits per heavy atom. The van der Waals surface area contributed by atoms with Crippen LogP contribution >= 0.6 is 0 Å². The number of H-pyrrole nitrogens is 2. The summed E-state index contributed by atoms with van der Waals surface area (Å²) in [6.45, 7) is 13.9. The summed E-state index contributed by atoms with van der Waals surface area (Å²) in [5, 5.41) is 0. The number of carbonyl (C=O) groups excluding carboxylic acids is 2. The van der Waals surface area contributed by atoms with E-state index in [0.717, 1.165) is 58.5 Å². The van der Waals surface area contributed by atoms with Crippen LogP contribution in [0.3, 0.4) is 0 Å². The first-order valence-electron chi connectivity index (χ1n) is 12.3. The SMILES string of the molecule is CCCCc1c(Cc2[nH]c(C(=O)OCc3ccccc3)c(C)c2C)[nH]c(C(=O)OC(C)(C)C)c1C. The van der Waals surface area contributed by atoms with Gasteiger partial charge in [0.05, 0.1) is 0 Å². The molecule has 0 unspecified atom stereocenters. The van der Waals surface area contributed by atoms with Crippen LogP contribution in [0.25, 0.3) is 0 Å². The van der Waals surface area contributed by atoms with Gasteiger partial charge in [-0.25, -0.2) is 9.59 Å². The van der Waals surface area contributed by atoms with Crippen LogP contribution in [0, 0.1) is 20.8 Å². The molecule has 0 atom stereocenters. The minimum absolute atomic E-state index is 0.225. The summed E-state index contributed by atoms with van der Waals surface area (Å²) in [4.78, 5) is 32.3. The Balaban J connectivity index is 1.86. The van der Waals surface area contributed by atoms with E-state index in [-0.39, 0.29) is 18.5 Å². The van der Waals surface area contributed by atoms with E-state index in [2.05, 4.69) is 16.9 Å². The van der Waals surface area contributed by atoms with Crippen LogP contribution in [-0.2, 0) is 28.9 Å². The Labute approximate surface area is 208 Å². The van der Waals surface area contributed by atoms with Gasteiger partial charge in [-0.15, -0.1) is 0 Å². The van der Waals surface area contributed by atoms with Gasteiger partial charge in [0, 0.05) is 17.8 Å². The number of hydrogen-bond acceptors (Lipinski definition) is 4. The topological polar surface area (TPSA) is 84.2 Å². The lowest BCUT2D eigenvalue weighted by atomic mass is 10.00. The van der Waals surface area contributed by atoms with E-state index in [4.69, 9.17) is 9.47 Å². The smallest absolute Gasteiger partial charge is 0.355 e. The van der Waals surface area contributed by atoms with Crippen molar-refractivity contribution in [2.24, 2.45) is 0 Å². The molecule has 1 aromatic carbocycles. The van der Waals surface area contributed by atoms with E-state index >= 15 is 0 Å². The minimum atomic E-state index is -0.569. The predicted molar refractivity (Wildman–Crippen MR) is 138 cm³/mol. The molecule has 3 aromatic rings. The molecular weight excluding hydrogens is 440 g/mol. The number of rotatable bonds is 9. The molecule has 2 heterocycles. The fraction of sp³-hybridized carbons (Fsp3) is 0.448. The molecule has 0 saturated carbocycles. The number of unbranched alkanes of at least 4 members (excludes halogenated alkanes) is 1. The lowest BCUT2D eigenvalue weighted by Gasteiger charge is -2.19. The van der Waals surface area contributed by atoms with Gasteiger partial charge in [0.1, 0.15) is 23.6 Å². The average molecular weight is 479 g/mol. The maximum absolute atomic E-state index is 12.9. The van der Waals surface area contributed by atoms with Crippen molar-refractivity contribution in [1.82, 2.24) is 9.97 Å². The van der Waals surface area contributed by atoms with Gasteiger partial charge in [-0.2, -0.15) is 0 Å². The summed E-state index contributed by atoms with van der Waals surface area (Å²) >= 11 is 0. The Morgan fingerprint density at radius 2 is 1.49 bits per heavy atom. The van der Waals surface area contributed by atoms with Crippen LogP contribution in [0.5, 0.6) is 0 Å². The number of aromatic amines is 2. The number of hydrogen-bond donors (Lipinski definition) is 2. The van der Waals surface area contributed by atoms with Gasteiger partial charge < -0.3 is 19.4 Å². The Hall–Kier alpha value is -3.28. The third-order valence-corrected chi connectivity index (χ3v) is 6.29. The van der Waals surface area contributed by atoms with Crippen LogP contribution < -0.4 is 0 Å². The first kappa shape index (κ1) is 26.3. The molecule has 0 fully saturated rings. The van der Waals surface area contributed by atoms with Crippen LogP contribution in [0.2, 0.25) is 0 Å². The molecule has 0 aliphatic heterocycles. The maximum Gasteiger partial charge on any atom is 0.355 e. The zero-order chi connectivity index (χ0) is 25.8. The van der Waals surface area contributed by atoms with Crippen molar-refractivity contribution in [3.8, 4) is 0 Å². The van der Waals surface area contributed by atoms with Crippen LogP contribution in [-0.4, -0.2) is 27.5 Å². The summed E-state index contributed by atoms with van der Waals surface area (Å²) in [6, 6.07) is 9.64. The second-order valence-electron chi connectivity index (χ2n) is 10.2. The highest BCUT2D eigenvalue weighted by Gasteiger charge is 2.25. The van der Waals surface area contributed by atoms with Gasteiger partial charge in [-0.1, -0.05) is 43.7 Å². The summed E-state index contributed by atoms with van der Waals surface area (Å²) in [7, 11) is 0. The Bertz CT molecular complexity index is 1180. The second kappa shape index (κ2) is 11.0. The molecular formula is C29H38N2O4. The summed E-state index contributed by atoms with van der Waals surface area (Å²) in [5.74, 6) is -0.715. The molecule has 0 aliphatic carbocycles. The third kappa shape index (κ3) is 6.44. The van der Waals surface area contributed by atoms with Gasteiger partial charge in [0.2, 0.25) is 0 Å². The highest BCUT2D eigenvalue weighted by molar-refractivity contribution is 5.90. The monoisotopic (exact) mass is 478 g/mol. The molecule has 188 valence electrons. The van der Waals surface area contributed by atoms with Crippen LogP contribution in [0.4, 0.5) is 0 Å². The summed E-state index contributed by atoms with van der Waals surface area (Å²) in [6.07, 6.45) is 3.52. The second-order valence-corrected chi connectivity index (χ2v) is 10.2. The number of nitrogens with one attached hydrogen (secondary N) is 2.